The molecule has 0 rings (SSSR count). The summed E-state index contributed by atoms with van der Waals surface area (Å²) in [7, 11) is 0. The van der Waals surface area contributed by atoms with Crippen LogP contribution in [0.2, 0.25) is 0 Å². The van der Waals surface area contributed by atoms with Gasteiger partial charge in [-0.3, -0.25) is 0 Å². The lowest BCUT2D eigenvalue weighted by Gasteiger charge is -2.04. The van der Waals surface area contributed by atoms with Crippen LogP contribution in [0.3, 0.4) is 0 Å². The number of hydrogen-bond acceptors (Lipinski definition) is 2. The fourth-order valence-corrected chi connectivity index (χ4v) is 0.510. The van der Waals surface area contributed by atoms with E-state index in [0.717, 1.165) is 12.8 Å². The van der Waals surface area contributed by atoms with Crippen LogP contribution in [-0.4, -0.2) is 31.1 Å². The smallest absolute Gasteiger partial charge is 0.146 e. The van der Waals surface area contributed by atoms with Gasteiger partial charge in [0.2, 0.25) is 0 Å². The quantitative estimate of drug-likeness (QED) is 0.575. The summed E-state index contributed by atoms with van der Waals surface area (Å²) in [5.41, 5.74) is 0. The molecular weight excluding hydrogens is 135 g/mol. The van der Waals surface area contributed by atoms with Crippen LogP contribution in [0.5, 0.6) is 0 Å². The van der Waals surface area contributed by atoms with Gasteiger partial charge in [-0.2, -0.15) is 0 Å². The lowest BCUT2D eigenvalue weighted by atomic mass is 10.3. The topological polar surface area (TPSA) is 29.5 Å². The molecule has 0 aromatic heterocycles. The fourth-order valence-electron chi connectivity index (χ4n) is 0.510. The van der Waals surface area contributed by atoms with Gasteiger partial charge in [0, 0.05) is 6.61 Å². The van der Waals surface area contributed by atoms with Crippen LogP contribution in [0.1, 0.15) is 19.8 Å². The minimum atomic E-state index is -1.21. The molecule has 10 heavy (non-hydrogen) atoms. The molecule has 0 amide bonds. The second-order valence-corrected chi connectivity index (χ2v) is 2.21. The summed E-state index contributed by atoms with van der Waals surface area (Å²) in [5, 5.41) is 8.24. The van der Waals surface area contributed by atoms with Crippen molar-refractivity contribution in [3.05, 3.63) is 0 Å². The molecule has 1 unspecified atom stereocenters. The molecule has 1 N–H and O–H groups in total. The average molecular weight is 150 g/mol. The molecule has 1 atom stereocenters. The third-order valence-corrected chi connectivity index (χ3v) is 1.14. The van der Waals surface area contributed by atoms with Gasteiger partial charge in [0.25, 0.3) is 0 Å². The average Bonchev–Trinajstić information content (AvgIpc) is 1.98. The van der Waals surface area contributed by atoms with Gasteiger partial charge in [-0.25, -0.2) is 4.39 Å². The Labute approximate surface area is 61.0 Å². The number of alkyl halides is 1. The Hall–Kier alpha value is -0.150. The molecule has 0 saturated heterocycles. The van der Waals surface area contributed by atoms with E-state index in [2.05, 4.69) is 0 Å². The number of aliphatic hydroxyl groups excluding tert-OH is 1. The van der Waals surface area contributed by atoms with Crippen molar-refractivity contribution in [2.24, 2.45) is 0 Å². The number of ether oxygens (including phenoxy) is 1. The number of aliphatic hydroxyl groups is 1. The lowest BCUT2D eigenvalue weighted by molar-refractivity contribution is 0.0511. The van der Waals surface area contributed by atoms with Crippen LogP contribution in [0.15, 0.2) is 0 Å². The molecule has 0 aliphatic rings. The van der Waals surface area contributed by atoms with E-state index < -0.39 is 12.8 Å². The maximum atomic E-state index is 12.2. The molecule has 0 spiro atoms. The molecule has 0 aliphatic heterocycles. The first-order valence-electron chi connectivity index (χ1n) is 3.64. The van der Waals surface area contributed by atoms with Crippen molar-refractivity contribution >= 4 is 0 Å². The van der Waals surface area contributed by atoms with Crippen LogP contribution < -0.4 is 0 Å². The first-order valence-corrected chi connectivity index (χ1v) is 3.64. The van der Waals surface area contributed by atoms with Crippen molar-refractivity contribution in [1.82, 2.24) is 0 Å². The second kappa shape index (κ2) is 6.96. The van der Waals surface area contributed by atoms with Crippen LogP contribution in [0, 0.1) is 0 Å². The standard InChI is InChI=1S/C7H15FO2/c1-2-3-4-10-6-7(8)5-9/h7,9H,2-6H2,1H3. The Morgan fingerprint density at radius 3 is 2.80 bits per heavy atom. The summed E-state index contributed by atoms with van der Waals surface area (Å²) < 4.78 is 17.1. The summed E-state index contributed by atoms with van der Waals surface area (Å²) in [6.07, 6.45) is 0.797. The zero-order chi connectivity index (χ0) is 7.82. The van der Waals surface area contributed by atoms with E-state index in [-0.39, 0.29) is 6.61 Å². The number of halogens is 1. The molecule has 2 nitrogen and oxygen atoms in total. The van der Waals surface area contributed by atoms with E-state index >= 15 is 0 Å². The highest BCUT2D eigenvalue weighted by Crippen LogP contribution is 1.92. The van der Waals surface area contributed by atoms with Crippen molar-refractivity contribution < 1.29 is 14.2 Å². The minimum Gasteiger partial charge on any atom is -0.393 e. The van der Waals surface area contributed by atoms with Gasteiger partial charge in [-0.1, -0.05) is 13.3 Å². The summed E-state index contributed by atoms with van der Waals surface area (Å²) >= 11 is 0. The Balaban J connectivity index is 2.89. The molecule has 0 aromatic rings. The van der Waals surface area contributed by atoms with Crippen molar-refractivity contribution in [2.45, 2.75) is 25.9 Å². The molecule has 3 heteroatoms. The fraction of sp³-hybridized carbons (Fsp3) is 1.00. The van der Waals surface area contributed by atoms with Gasteiger partial charge < -0.3 is 9.84 Å². The highest BCUT2D eigenvalue weighted by molar-refractivity contribution is 4.49. The SMILES string of the molecule is CCCCOCC(F)CO. The van der Waals surface area contributed by atoms with Gasteiger partial charge in [-0.05, 0) is 6.42 Å². The minimum absolute atomic E-state index is 0.0243. The lowest BCUT2D eigenvalue weighted by Crippen LogP contribution is -2.14. The predicted octanol–water partition coefficient (Wildman–Crippen LogP) is 1.13. The van der Waals surface area contributed by atoms with E-state index in [9.17, 15) is 4.39 Å². The van der Waals surface area contributed by atoms with Crippen LogP contribution in [0.4, 0.5) is 4.39 Å². The van der Waals surface area contributed by atoms with Crippen LogP contribution >= 0.6 is 0 Å². The molecule has 62 valence electrons. The Bertz CT molecular complexity index is 68.6. The molecule has 0 aromatic carbocycles. The van der Waals surface area contributed by atoms with E-state index in [1.54, 1.807) is 0 Å². The van der Waals surface area contributed by atoms with E-state index in [0.29, 0.717) is 6.61 Å². The highest BCUT2D eigenvalue weighted by atomic mass is 19.1. The zero-order valence-electron chi connectivity index (χ0n) is 6.35. The largest absolute Gasteiger partial charge is 0.393 e. The van der Waals surface area contributed by atoms with E-state index in [1.807, 2.05) is 6.92 Å². The molecule has 0 radical (unpaired) electrons. The van der Waals surface area contributed by atoms with Gasteiger partial charge >= 0.3 is 0 Å². The van der Waals surface area contributed by atoms with E-state index in [1.165, 1.54) is 0 Å². The van der Waals surface area contributed by atoms with Crippen molar-refractivity contribution in [3.63, 3.8) is 0 Å². The van der Waals surface area contributed by atoms with E-state index in [4.69, 9.17) is 9.84 Å². The third-order valence-electron chi connectivity index (χ3n) is 1.14. The van der Waals surface area contributed by atoms with Gasteiger partial charge in [0.15, 0.2) is 0 Å². The zero-order valence-corrected chi connectivity index (χ0v) is 6.35. The van der Waals surface area contributed by atoms with Gasteiger partial charge in [0.1, 0.15) is 6.17 Å². The number of unbranched alkanes of at least 4 members (excludes halogenated alkanes) is 1. The highest BCUT2D eigenvalue weighted by Gasteiger charge is 2.02. The molecule has 0 heterocycles. The van der Waals surface area contributed by atoms with Crippen molar-refractivity contribution in [3.8, 4) is 0 Å². The monoisotopic (exact) mass is 150 g/mol. The Morgan fingerprint density at radius 1 is 1.60 bits per heavy atom. The maximum Gasteiger partial charge on any atom is 0.146 e. The van der Waals surface area contributed by atoms with Crippen LogP contribution in [0.25, 0.3) is 0 Å². The summed E-state index contributed by atoms with van der Waals surface area (Å²) in [6.45, 7) is 2.22. The molecule has 0 fully saturated rings. The maximum absolute atomic E-state index is 12.2. The first-order chi connectivity index (χ1) is 4.81. The summed E-state index contributed by atoms with van der Waals surface area (Å²) in [6, 6.07) is 0. The van der Waals surface area contributed by atoms with Crippen molar-refractivity contribution in [2.75, 3.05) is 19.8 Å². The van der Waals surface area contributed by atoms with Gasteiger partial charge in [-0.15, -0.1) is 0 Å². The Morgan fingerprint density at radius 2 is 2.30 bits per heavy atom. The summed E-state index contributed by atoms with van der Waals surface area (Å²) in [5.74, 6) is 0. The number of rotatable bonds is 6. The van der Waals surface area contributed by atoms with Crippen molar-refractivity contribution in [1.29, 1.82) is 0 Å². The second-order valence-electron chi connectivity index (χ2n) is 2.21. The molecule has 0 aliphatic carbocycles. The molecular formula is C7H15FO2. The van der Waals surface area contributed by atoms with Gasteiger partial charge in [0.05, 0.1) is 13.2 Å². The first kappa shape index (κ1) is 9.85. The van der Waals surface area contributed by atoms with Crippen LogP contribution in [-0.2, 0) is 4.74 Å². The Kier molecular flexibility index (Phi) is 6.86. The predicted molar refractivity (Wildman–Crippen MR) is 37.7 cm³/mol. The third kappa shape index (κ3) is 5.98. The molecule has 0 bridgehead atoms. The number of hydrogen-bond donors (Lipinski definition) is 1. The normalized spacial score (nSPS) is 13.5. The molecule has 0 saturated carbocycles. The summed E-state index contributed by atoms with van der Waals surface area (Å²) in [4.78, 5) is 0.